The standard InChI is InChI=1S/C29H31Cl2FN4O3S/c30-27-9-4-22(20-28(27)31)10-11-33-12-14-35(15-13-33)29(37)23-2-1-3-26(21-23)40(38,39)36-18-16-34(17-19-36)25-7-5-24(32)6-8-25/h1-9,20-21H,10-19H2. The van der Waals surface area contributed by atoms with E-state index in [0.29, 0.717) is 54.9 Å². The normalized spacial score (nSPS) is 17.3. The highest BCUT2D eigenvalue weighted by atomic mass is 35.5. The second-order valence-electron chi connectivity index (χ2n) is 10.0. The SMILES string of the molecule is O=C(c1cccc(S(=O)(=O)N2CCN(c3ccc(F)cc3)CC2)c1)N1CCN(CCc2ccc(Cl)c(Cl)c2)CC1. The maximum atomic E-state index is 13.4. The largest absolute Gasteiger partial charge is 0.369 e. The highest BCUT2D eigenvalue weighted by molar-refractivity contribution is 7.89. The number of rotatable bonds is 7. The number of amides is 1. The fourth-order valence-corrected chi connectivity index (χ4v) is 6.91. The summed E-state index contributed by atoms with van der Waals surface area (Å²) in [6.07, 6.45) is 0.836. The van der Waals surface area contributed by atoms with Gasteiger partial charge < -0.3 is 9.80 Å². The lowest BCUT2D eigenvalue weighted by Crippen LogP contribution is -2.49. The fourth-order valence-electron chi connectivity index (χ4n) is 5.12. The molecule has 0 atom stereocenters. The summed E-state index contributed by atoms with van der Waals surface area (Å²) in [5.41, 5.74) is 2.35. The summed E-state index contributed by atoms with van der Waals surface area (Å²) >= 11 is 12.1. The number of nitrogens with zero attached hydrogens (tertiary/aromatic N) is 4. The van der Waals surface area contributed by atoms with Gasteiger partial charge in [0.25, 0.3) is 5.91 Å². The van der Waals surface area contributed by atoms with Crippen LogP contribution >= 0.6 is 23.2 Å². The molecule has 2 aliphatic rings. The van der Waals surface area contributed by atoms with E-state index in [4.69, 9.17) is 23.2 Å². The van der Waals surface area contributed by atoms with E-state index in [-0.39, 0.29) is 16.6 Å². The molecule has 3 aromatic rings. The molecule has 2 saturated heterocycles. The van der Waals surface area contributed by atoms with Crippen LogP contribution in [0.3, 0.4) is 0 Å². The van der Waals surface area contributed by atoms with Gasteiger partial charge >= 0.3 is 0 Å². The van der Waals surface area contributed by atoms with Crippen molar-refractivity contribution in [1.82, 2.24) is 14.1 Å². The van der Waals surface area contributed by atoms with Crippen LogP contribution in [-0.2, 0) is 16.4 Å². The van der Waals surface area contributed by atoms with Crippen LogP contribution in [0, 0.1) is 5.82 Å². The summed E-state index contributed by atoms with van der Waals surface area (Å²) in [5.74, 6) is -0.469. The number of benzene rings is 3. The van der Waals surface area contributed by atoms with Crippen molar-refractivity contribution in [1.29, 1.82) is 0 Å². The number of carbonyl (C=O) groups is 1. The molecule has 2 fully saturated rings. The van der Waals surface area contributed by atoms with Crippen molar-refractivity contribution in [2.24, 2.45) is 0 Å². The second kappa shape index (κ2) is 12.4. The van der Waals surface area contributed by atoms with Gasteiger partial charge in [0.05, 0.1) is 14.9 Å². The zero-order valence-electron chi connectivity index (χ0n) is 22.0. The van der Waals surface area contributed by atoms with E-state index in [1.54, 1.807) is 41.3 Å². The lowest BCUT2D eigenvalue weighted by molar-refractivity contribution is 0.0638. The van der Waals surface area contributed by atoms with Crippen molar-refractivity contribution in [3.8, 4) is 0 Å². The number of carbonyl (C=O) groups excluding carboxylic acids is 1. The van der Waals surface area contributed by atoms with Gasteiger partial charge in [0.2, 0.25) is 10.0 Å². The molecule has 0 unspecified atom stereocenters. The van der Waals surface area contributed by atoms with Gasteiger partial charge in [-0.25, -0.2) is 12.8 Å². The van der Waals surface area contributed by atoms with Crippen LogP contribution in [-0.4, -0.2) is 87.3 Å². The Bertz CT molecular complexity index is 1460. The predicted octanol–water partition coefficient (Wildman–Crippen LogP) is 4.64. The molecular weight excluding hydrogens is 574 g/mol. The molecule has 0 N–H and O–H groups in total. The topological polar surface area (TPSA) is 64.2 Å². The minimum Gasteiger partial charge on any atom is -0.369 e. The molecule has 11 heteroatoms. The third kappa shape index (κ3) is 6.61. The molecule has 0 radical (unpaired) electrons. The average molecular weight is 606 g/mol. The maximum absolute atomic E-state index is 13.4. The fraction of sp³-hybridized carbons (Fsp3) is 0.345. The lowest BCUT2D eigenvalue weighted by atomic mass is 10.1. The Balaban J connectivity index is 1.16. The van der Waals surface area contributed by atoms with Crippen molar-refractivity contribution in [2.45, 2.75) is 11.3 Å². The van der Waals surface area contributed by atoms with Crippen molar-refractivity contribution in [3.05, 3.63) is 93.7 Å². The quantitative estimate of drug-likeness (QED) is 0.393. The van der Waals surface area contributed by atoms with Crippen LogP contribution in [0.5, 0.6) is 0 Å². The number of piperazine rings is 2. The van der Waals surface area contributed by atoms with Crippen LogP contribution < -0.4 is 4.90 Å². The van der Waals surface area contributed by atoms with Crippen LogP contribution in [0.1, 0.15) is 15.9 Å². The summed E-state index contributed by atoms with van der Waals surface area (Å²) < 4.78 is 41.5. The van der Waals surface area contributed by atoms with Gasteiger partial charge in [0, 0.05) is 70.2 Å². The smallest absolute Gasteiger partial charge is 0.253 e. The summed E-state index contributed by atoms with van der Waals surface area (Å²) in [4.78, 5) is 19.5. The van der Waals surface area contributed by atoms with E-state index in [9.17, 15) is 17.6 Å². The zero-order valence-corrected chi connectivity index (χ0v) is 24.3. The maximum Gasteiger partial charge on any atom is 0.253 e. The van der Waals surface area contributed by atoms with Crippen LogP contribution in [0.15, 0.2) is 71.6 Å². The first-order valence-corrected chi connectivity index (χ1v) is 15.5. The molecule has 0 spiro atoms. The number of halogens is 3. The first kappa shape index (κ1) is 28.8. The van der Waals surface area contributed by atoms with E-state index >= 15 is 0 Å². The Hall–Kier alpha value is -2.69. The molecule has 0 aromatic heterocycles. The predicted molar refractivity (Wildman–Crippen MR) is 156 cm³/mol. The molecule has 2 heterocycles. The molecule has 5 rings (SSSR count). The molecule has 2 aliphatic heterocycles. The van der Waals surface area contributed by atoms with Crippen molar-refractivity contribution in [3.63, 3.8) is 0 Å². The van der Waals surface area contributed by atoms with Gasteiger partial charge in [-0.15, -0.1) is 0 Å². The molecule has 3 aromatic carbocycles. The molecule has 0 aliphatic carbocycles. The summed E-state index contributed by atoms with van der Waals surface area (Å²) in [7, 11) is -3.76. The molecular formula is C29H31Cl2FN4O3S. The Morgan fingerprint density at radius 2 is 1.50 bits per heavy atom. The van der Waals surface area contributed by atoms with Crippen molar-refractivity contribution >= 4 is 44.8 Å². The third-order valence-electron chi connectivity index (χ3n) is 7.51. The van der Waals surface area contributed by atoms with E-state index < -0.39 is 10.0 Å². The molecule has 0 saturated carbocycles. The minimum absolute atomic E-state index is 0.119. The van der Waals surface area contributed by atoms with Crippen molar-refractivity contribution < 1.29 is 17.6 Å². The van der Waals surface area contributed by atoms with E-state index in [1.807, 2.05) is 17.0 Å². The zero-order chi connectivity index (χ0) is 28.3. The average Bonchev–Trinajstić information content (AvgIpc) is 2.98. The van der Waals surface area contributed by atoms with Crippen LogP contribution in [0.25, 0.3) is 0 Å². The van der Waals surface area contributed by atoms with Crippen LogP contribution in [0.4, 0.5) is 10.1 Å². The second-order valence-corrected chi connectivity index (χ2v) is 12.8. The van der Waals surface area contributed by atoms with Gasteiger partial charge in [0.15, 0.2) is 0 Å². The number of sulfonamides is 1. The lowest BCUT2D eigenvalue weighted by Gasteiger charge is -2.35. The van der Waals surface area contributed by atoms with Gasteiger partial charge in [0.1, 0.15) is 5.82 Å². The Morgan fingerprint density at radius 3 is 2.17 bits per heavy atom. The van der Waals surface area contributed by atoms with Gasteiger partial charge in [-0.1, -0.05) is 35.3 Å². The summed E-state index contributed by atoms with van der Waals surface area (Å²) in [6, 6.07) is 18.2. The Kier molecular flexibility index (Phi) is 8.97. The highest BCUT2D eigenvalue weighted by Crippen LogP contribution is 2.24. The van der Waals surface area contributed by atoms with E-state index in [2.05, 4.69) is 4.90 Å². The van der Waals surface area contributed by atoms with Crippen LogP contribution in [0.2, 0.25) is 10.0 Å². The Morgan fingerprint density at radius 1 is 0.800 bits per heavy atom. The van der Waals surface area contributed by atoms with E-state index in [1.165, 1.54) is 22.5 Å². The molecule has 212 valence electrons. The third-order valence-corrected chi connectivity index (χ3v) is 10.1. The molecule has 1 amide bonds. The summed E-state index contributed by atoms with van der Waals surface area (Å²) in [5, 5.41) is 1.09. The molecule has 0 bridgehead atoms. The first-order valence-electron chi connectivity index (χ1n) is 13.3. The molecule has 40 heavy (non-hydrogen) atoms. The Labute approximate surface area is 244 Å². The van der Waals surface area contributed by atoms with Gasteiger partial charge in [-0.05, 0) is 66.6 Å². The summed E-state index contributed by atoms with van der Waals surface area (Å²) in [6.45, 7) is 5.09. The minimum atomic E-state index is -3.76. The van der Waals surface area contributed by atoms with E-state index in [0.717, 1.165) is 37.3 Å². The first-order chi connectivity index (χ1) is 19.2. The van der Waals surface area contributed by atoms with Gasteiger partial charge in [-0.2, -0.15) is 4.31 Å². The molecule has 7 nitrogen and oxygen atoms in total. The highest BCUT2D eigenvalue weighted by Gasteiger charge is 2.30. The number of hydrogen-bond donors (Lipinski definition) is 0. The monoisotopic (exact) mass is 604 g/mol. The van der Waals surface area contributed by atoms with Crippen molar-refractivity contribution in [2.75, 3.05) is 63.8 Å². The van der Waals surface area contributed by atoms with Gasteiger partial charge in [-0.3, -0.25) is 9.69 Å². The number of hydrogen-bond acceptors (Lipinski definition) is 5. The number of anilines is 1.